The van der Waals surface area contributed by atoms with Crippen LogP contribution in [0.5, 0.6) is 5.75 Å². The molecule has 0 aromatic heterocycles. The highest BCUT2D eigenvalue weighted by Gasteiger charge is 2.17. The summed E-state index contributed by atoms with van der Waals surface area (Å²) >= 11 is 6.01. The second-order valence-corrected chi connectivity index (χ2v) is 7.89. The molecule has 3 rings (SSSR count). The van der Waals surface area contributed by atoms with E-state index in [0.29, 0.717) is 17.0 Å². The molecule has 3 aromatic carbocycles. The van der Waals surface area contributed by atoms with E-state index < -0.39 is 10.0 Å². The highest BCUT2D eigenvalue weighted by molar-refractivity contribution is 7.92. The second-order valence-electron chi connectivity index (χ2n) is 5.80. The SMILES string of the molecule is COc1ccc(C(=O)Nc2cccc(S(=O)(=O)Nc3ccccc3Cl)c2)cc1. The summed E-state index contributed by atoms with van der Waals surface area (Å²) in [4.78, 5) is 12.4. The fourth-order valence-electron chi connectivity index (χ4n) is 2.43. The van der Waals surface area contributed by atoms with Crippen molar-refractivity contribution in [3.8, 4) is 5.75 Å². The highest BCUT2D eigenvalue weighted by atomic mass is 35.5. The molecule has 0 aliphatic heterocycles. The fraction of sp³-hybridized carbons (Fsp3) is 0.0500. The summed E-state index contributed by atoms with van der Waals surface area (Å²) in [7, 11) is -2.33. The van der Waals surface area contributed by atoms with Crippen molar-refractivity contribution in [1.82, 2.24) is 0 Å². The lowest BCUT2D eigenvalue weighted by atomic mass is 10.2. The summed E-state index contributed by atoms with van der Waals surface area (Å²) in [6.45, 7) is 0. The number of benzene rings is 3. The average Bonchev–Trinajstić information content (AvgIpc) is 2.70. The molecule has 0 saturated heterocycles. The van der Waals surface area contributed by atoms with E-state index in [4.69, 9.17) is 16.3 Å². The Bertz CT molecular complexity index is 1100. The predicted molar refractivity (Wildman–Crippen MR) is 110 cm³/mol. The number of nitrogens with one attached hydrogen (secondary N) is 2. The third-order valence-electron chi connectivity index (χ3n) is 3.87. The first kappa shape index (κ1) is 19.7. The molecule has 6 nitrogen and oxygen atoms in total. The number of hydrogen-bond acceptors (Lipinski definition) is 4. The van der Waals surface area contributed by atoms with Crippen molar-refractivity contribution < 1.29 is 17.9 Å². The minimum absolute atomic E-state index is 0.0000457. The maximum atomic E-state index is 12.6. The van der Waals surface area contributed by atoms with Gasteiger partial charge in [0.25, 0.3) is 15.9 Å². The lowest BCUT2D eigenvalue weighted by molar-refractivity contribution is 0.102. The molecule has 0 unspecified atom stereocenters. The van der Waals surface area contributed by atoms with Crippen LogP contribution >= 0.6 is 11.6 Å². The van der Waals surface area contributed by atoms with Gasteiger partial charge >= 0.3 is 0 Å². The smallest absolute Gasteiger partial charge is 0.262 e. The maximum absolute atomic E-state index is 12.6. The summed E-state index contributed by atoms with van der Waals surface area (Å²) < 4.78 is 32.8. The van der Waals surface area contributed by atoms with Crippen molar-refractivity contribution in [2.75, 3.05) is 17.1 Å². The summed E-state index contributed by atoms with van der Waals surface area (Å²) in [5, 5.41) is 2.97. The zero-order chi connectivity index (χ0) is 20.1. The van der Waals surface area contributed by atoms with Crippen LogP contribution in [-0.2, 0) is 10.0 Å². The van der Waals surface area contributed by atoms with Gasteiger partial charge in [0, 0.05) is 11.3 Å². The van der Waals surface area contributed by atoms with Crippen LogP contribution < -0.4 is 14.8 Å². The molecule has 0 saturated carbocycles. The highest BCUT2D eigenvalue weighted by Crippen LogP contribution is 2.25. The van der Waals surface area contributed by atoms with E-state index in [1.54, 1.807) is 60.7 Å². The van der Waals surface area contributed by atoms with Gasteiger partial charge in [0.05, 0.1) is 22.7 Å². The predicted octanol–water partition coefficient (Wildman–Crippen LogP) is 4.40. The van der Waals surface area contributed by atoms with Gasteiger partial charge < -0.3 is 10.1 Å². The van der Waals surface area contributed by atoms with Crippen molar-refractivity contribution in [2.24, 2.45) is 0 Å². The van der Waals surface area contributed by atoms with Crippen LogP contribution in [0.3, 0.4) is 0 Å². The van der Waals surface area contributed by atoms with Crippen molar-refractivity contribution in [2.45, 2.75) is 4.90 Å². The van der Waals surface area contributed by atoms with Crippen LogP contribution in [0.25, 0.3) is 0 Å². The number of carbonyl (C=O) groups excluding carboxylic acids is 1. The van der Waals surface area contributed by atoms with Crippen molar-refractivity contribution in [1.29, 1.82) is 0 Å². The molecular formula is C20H17ClN2O4S. The molecule has 0 aliphatic carbocycles. The number of ether oxygens (including phenoxy) is 1. The quantitative estimate of drug-likeness (QED) is 0.623. The van der Waals surface area contributed by atoms with Crippen molar-refractivity contribution in [3.05, 3.63) is 83.4 Å². The number of halogens is 1. The van der Waals surface area contributed by atoms with Crippen LogP contribution in [0.4, 0.5) is 11.4 Å². The third-order valence-corrected chi connectivity index (χ3v) is 5.57. The van der Waals surface area contributed by atoms with Crippen LogP contribution in [-0.4, -0.2) is 21.4 Å². The van der Waals surface area contributed by atoms with Gasteiger partial charge in [-0.05, 0) is 54.6 Å². The Morgan fingerprint density at radius 1 is 0.964 bits per heavy atom. The normalized spacial score (nSPS) is 10.9. The molecule has 144 valence electrons. The van der Waals surface area contributed by atoms with Gasteiger partial charge in [-0.25, -0.2) is 8.42 Å². The number of rotatable bonds is 6. The van der Waals surface area contributed by atoms with E-state index >= 15 is 0 Å². The molecule has 0 bridgehead atoms. The molecule has 28 heavy (non-hydrogen) atoms. The largest absolute Gasteiger partial charge is 0.497 e. The van der Waals surface area contributed by atoms with E-state index in [0.717, 1.165) is 0 Å². The number of methoxy groups -OCH3 is 1. The lowest BCUT2D eigenvalue weighted by Gasteiger charge is -2.11. The Morgan fingerprint density at radius 2 is 1.68 bits per heavy atom. The van der Waals surface area contributed by atoms with Gasteiger partial charge in [0.15, 0.2) is 0 Å². The van der Waals surface area contributed by atoms with Gasteiger partial charge in [-0.3, -0.25) is 9.52 Å². The third kappa shape index (κ3) is 4.62. The standard InChI is InChI=1S/C20H17ClN2O4S/c1-27-16-11-9-14(10-12-16)20(24)22-15-5-4-6-17(13-15)28(25,26)23-19-8-3-2-7-18(19)21/h2-13,23H,1H3,(H,22,24). The monoisotopic (exact) mass is 416 g/mol. The van der Waals surface area contributed by atoms with Gasteiger partial charge in [-0.15, -0.1) is 0 Å². The van der Waals surface area contributed by atoms with E-state index in [9.17, 15) is 13.2 Å². The molecular weight excluding hydrogens is 400 g/mol. The number of sulfonamides is 1. The molecule has 0 atom stereocenters. The Labute approximate surface area is 168 Å². The Balaban J connectivity index is 1.79. The fourth-order valence-corrected chi connectivity index (χ4v) is 3.80. The Morgan fingerprint density at radius 3 is 2.36 bits per heavy atom. The lowest BCUT2D eigenvalue weighted by Crippen LogP contribution is -2.15. The van der Waals surface area contributed by atoms with E-state index in [1.165, 1.54) is 19.2 Å². The number of anilines is 2. The van der Waals surface area contributed by atoms with Crippen LogP contribution in [0.1, 0.15) is 10.4 Å². The summed E-state index contributed by atoms with van der Waals surface area (Å²) in [6, 6.07) is 19.1. The minimum Gasteiger partial charge on any atom is -0.497 e. The first-order valence-electron chi connectivity index (χ1n) is 8.22. The topological polar surface area (TPSA) is 84.5 Å². The van der Waals surface area contributed by atoms with Gasteiger partial charge in [0.1, 0.15) is 5.75 Å². The van der Waals surface area contributed by atoms with E-state index in [2.05, 4.69) is 10.0 Å². The molecule has 0 aliphatic rings. The first-order valence-corrected chi connectivity index (χ1v) is 10.1. The van der Waals surface area contributed by atoms with Gasteiger partial charge in [-0.2, -0.15) is 0 Å². The molecule has 3 aromatic rings. The number of para-hydroxylation sites is 1. The maximum Gasteiger partial charge on any atom is 0.262 e. The number of hydrogen-bond donors (Lipinski definition) is 2. The Kier molecular flexibility index (Phi) is 5.87. The zero-order valence-electron chi connectivity index (χ0n) is 14.8. The van der Waals surface area contributed by atoms with E-state index in [-0.39, 0.29) is 21.5 Å². The Hall–Kier alpha value is -3.03. The molecule has 0 heterocycles. The van der Waals surface area contributed by atoms with Gasteiger partial charge in [0.2, 0.25) is 0 Å². The van der Waals surface area contributed by atoms with Gasteiger partial charge in [-0.1, -0.05) is 29.8 Å². The van der Waals surface area contributed by atoms with Crippen molar-refractivity contribution >= 4 is 38.9 Å². The molecule has 2 N–H and O–H groups in total. The summed E-state index contributed by atoms with van der Waals surface area (Å²) in [6.07, 6.45) is 0. The molecule has 1 amide bonds. The van der Waals surface area contributed by atoms with Crippen molar-refractivity contribution in [3.63, 3.8) is 0 Å². The molecule has 0 fully saturated rings. The molecule has 8 heteroatoms. The zero-order valence-corrected chi connectivity index (χ0v) is 16.4. The van der Waals surface area contributed by atoms with Crippen LogP contribution in [0.15, 0.2) is 77.7 Å². The van der Waals surface area contributed by atoms with Crippen LogP contribution in [0.2, 0.25) is 5.02 Å². The summed E-state index contributed by atoms with van der Waals surface area (Å²) in [5.41, 5.74) is 1.04. The first-order chi connectivity index (χ1) is 13.4. The average molecular weight is 417 g/mol. The minimum atomic E-state index is -3.87. The number of amides is 1. The number of carbonyl (C=O) groups is 1. The second kappa shape index (κ2) is 8.33. The molecule has 0 radical (unpaired) electrons. The van der Waals surface area contributed by atoms with Crippen LogP contribution in [0, 0.1) is 0 Å². The van der Waals surface area contributed by atoms with E-state index in [1.807, 2.05) is 0 Å². The summed E-state index contributed by atoms with van der Waals surface area (Å²) in [5.74, 6) is 0.270. The molecule has 0 spiro atoms.